The van der Waals surface area contributed by atoms with Crippen molar-refractivity contribution in [3.05, 3.63) is 46.0 Å². The predicted molar refractivity (Wildman–Crippen MR) is 54.9 cm³/mol. The fraction of sp³-hybridized carbons (Fsp3) is 0. The van der Waals surface area contributed by atoms with Gasteiger partial charge in [0, 0.05) is 5.10 Å². The Bertz CT molecular complexity index is 639. The summed E-state index contributed by atoms with van der Waals surface area (Å²) in [5.74, 6) is -3.16. The van der Waals surface area contributed by atoms with Gasteiger partial charge in [0.2, 0.25) is 6.33 Å². The van der Waals surface area contributed by atoms with Crippen LogP contribution in [0, 0.1) is 15.9 Å². The molecule has 0 unspecified atom stereocenters. The molecule has 1 aromatic carbocycles. The van der Waals surface area contributed by atoms with Gasteiger partial charge in [-0.05, 0) is 17.1 Å². The summed E-state index contributed by atoms with van der Waals surface area (Å²) in [4.78, 5) is 23.9. The zero-order chi connectivity index (χ0) is 13.3. The lowest BCUT2D eigenvalue weighted by atomic mass is 10.1. The number of carbonyl (C=O) groups is 1. The summed E-state index contributed by atoms with van der Waals surface area (Å²) in [6.45, 7) is 0. The maximum atomic E-state index is 13.4. The van der Waals surface area contributed by atoms with Gasteiger partial charge in [-0.3, -0.25) is 0 Å². The van der Waals surface area contributed by atoms with E-state index < -0.39 is 28.2 Å². The molecule has 0 fully saturated rings. The highest BCUT2D eigenvalue weighted by molar-refractivity contribution is 5.92. The molecule has 9 heteroatoms. The van der Waals surface area contributed by atoms with Crippen molar-refractivity contribution in [3.8, 4) is 5.69 Å². The van der Waals surface area contributed by atoms with Crippen LogP contribution in [0.25, 0.3) is 5.69 Å². The molecule has 0 spiro atoms. The molecular formula is C9H5FN4O4. The molecule has 0 aliphatic carbocycles. The summed E-state index contributed by atoms with van der Waals surface area (Å²) < 4.78 is 14.2. The van der Waals surface area contributed by atoms with Crippen molar-refractivity contribution in [1.29, 1.82) is 0 Å². The Morgan fingerprint density at radius 1 is 1.50 bits per heavy atom. The molecule has 8 nitrogen and oxygen atoms in total. The van der Waals surface area contributed by atoms with E-state index in [9.17, 15) is 19.3 Å². The summed E-state index contributed by atoms with van der Waals surface area (Å²) in [5, 5.41) is 22.7. The summed E-state index contributed by atoms with van der Waals surface area (Å²) in [6, 6.07) is 3.51. The van der Waals surface area contributed by atoms with Crippen LogP contribution in [0.3, 0.4) is 0 Å². The van der Waals surface area contributed by atoms with Gasteiger partial charge in [-0.1, -0.05) is 11.1 Å². The van der Waals surface area contributed by atoms with Gasteiger partial charge >= 0.3 is 11.9 Å². The molecule has 1 heterocycles. The molecule has 0 bridgehead atoms. The van der Waals surface area contributed by atoms with Crippen molar-refractivity contribution in [3.63, 3.8) is 0 Å². The maximum absolute atomic E-state index is 13.4. The molecule has 1 N–H and O–H groups in total. The first-order valence-electron chi connectivity index (χ1n) is 4.59. The number of hydrogen-bond acceptors (Lipinski definition) is 5. The first-order chi connectivity index (χ1) is 8.50. The molecule has 0 aliphatic rings. The van der Waals surface area contributed by atoms with Crippen LogP contribution in [0.1, 0.15) is 10.4 Å². The Hall–Kier alpha value is -2.84. The summed E-state index contributed by atoms with van der Waals surface area (Å²) in [6.07, 6.45) is 0.944. The Morgan fingerprint density at radius 2 is 2.22 bits per heavy atom. The second-order valence-corrected chi connectivity index (χ2v) is 3.19. The number of aromatic nitrogens is 3. The van der Waals surface area contributed by atoms with E-state index >= 15 is 0 Å². The van der Waals surface area contributed by atoms with Gasteiger partial charge in [-0.25, -0.2) is 9.18 Å². The third-order valence-electron chi connectivity index (χ3n) is 2.10. The van der Waals surface area contributed by atoms with E-state index in [-0.39, 0.29) is 5.69 Å². The molecule has 1 aromatic heterocycles. The Balaban J connectivity index is 2.59. The van der Waals surface area contributed by atoms with Crippen LogP contribution < -0.4 is 0 Å². The number of benzene rings is 1. The summed E-state index contributed by atoms with van der Waals surface area (Å²) in [5.41, 5.74) is -0.764. The van der Waals surface area contributed by atoms with Gasteiger partial charge in [0.25, 0.3) is 0 Å². The first-order valence-corrected chi connectivity index (χ1v) is 4.59. The standard InChI is InChI=1S/C9H5FN4O4/c10-5-2-1-3-6(7(5)8(15)16)13-4-11-9(12-13)14(17)18/h1-4H,(H,15,16). The lowest BCUT2D eigenvalue weighted by molar-refractivity contribution is -0.394. The van der Waals surface area contributed by atoms with Crippen molar-refractivity contribution < 1.29 is 19.2 Å². The molecule has 2 rings (SSSR count). The van der Waals surface area contributed by atoms with Gasteiger partial charge in [-0.2, -0.15) is 0 Å². The Morgan fingerprint density at radius 3 is 2.78 bits per heavy atom. The van der Waals surface area contributed by atoms with Gasteiger partial charge in [0.1, 0.15) is 17.1 Å². The number of hydrogen-bond donors (Lipinski definition) is 1. The number of nitro groups is 1. The SMILES string of the molecule is O=C(O)c1c(F)cccc1-n1cnc([N+](=O)[O-])n1. The maximum Gasteiger partial charge on any atom is 0.491 e. The number of nitrogens with zero attached hydrogens (tertiary/aromatic N) is 4. The number of carboxylic acid groups (broad SMARTS) is 1. The fourth-order valence-electron chi connectivity index (χ4n) is 1.37. The highest BCUT2D eigenvalue weighted by Crippen LogP contribution is 2.18. The molecule has 0 aliphatic heterocycles. The minimum absolute atomic E-state index is 0.136. The van der Waals surface area contributed by atoms with Crippen LogP contribution >= 0.6 is 0 Å². The van der Waals surface area contributed by atoms with E-state index in [0.29, 0.717) is 0 Å². The van der Waals surface area contributed by atoms with Crippen molar-refractivity contribution in [2.24, 2.45) is 0 Å². The lowest BCUT2D eigenvalue weighted by Crippen LogP contribution is -2.08. The van der Waals surface area contributed by atoms with E-state index in [1.807, 2.05) is 0 Å². The van der Waals surface area contributed by atoms with Crippen LogP contribution in [0.15, 0.2) is 24.5 Å². The Labute approximate surface area is 98.5 Å². The normalized spacial score (nSPS) is 10.3. The highest BCUT2D eigenvalue weighted by Gasteiger charge is 2.21. The van der Waals surface area contributed by atoms with E-state index in [4.69, 9.17) is 5.11 Å². The van der Waals surface area contributed by atoms with Gasteiger partial charge in [-0.15, -0.1) is 4.68 Å². The van der Waals surface area contributed by atoms with Crippen molar-refractivity contribution in [1.82, 2.24) is 14.8 Å². The van der Waals surface area contributed by atoms with E-state index in [1.54, 1.807) is 0 Å². The molecule has 0 amide bonds. The molecule has 0 atom stereocenters. The topological polar surface area (TPSA) is 111 Å². The number of aromatic carboxylic acids is 1. The molecule has 0 saturated carbocycles. The van der Waals surface area contributed by atoms with E-state index in [2.05, 4.69) is 10.1 Å². The number of carboxylic acids is 1. The molecule has 92 valence electrons. The second-order valence-electron chi connectivity index (χ2n) is 3.19. The molecule has 0 saturated heterocycles. The minimum Gasteiger partial charge on any atom is -0.478 e. The van der Waals surface area contributed by atoms with Crippen molar-refractivity contribution >= 4 is 11.9 Å². The molecule has 0 radical (unpaired) electrons. The van der Waals surface area contributed by atoms with E-state index in [1.165, 1.54) is 12.1 Å². The quantitative estimate of drug-likeness (QED) is 0.644. The van der Waals surface area contributed by atoms with E-state index in [0.717, 1.165) is 17.1 Å². The van der Waals surface area contributed by atoms with Gasteiger partial charge in [0.15, 0.2) is 0 Å². The molecule has 18 heavy (non-hydrogen) atoms. The van der Waals surface area contributed by atoms with Crippen LogP contribution in [0.2, 0.25) is 0 Å². The minimum atomic E-state index is -1.50. The van der Waals surface area contributed by atoms with Crippen LogP contribution in [-0.4, -0.2) is 30.8 Å². The van der Waals surface area contributed by atoms with Gasteiger partial charge < -0.3 is 15.2 Å². The van der Waals surface area contributed by atoms with Crippen LogP contribution in [-0.2, 0) is 0 Å². The fourth-order valence-corrected chi connectivity index (χ4v) is 1.37. The summed E-state index contributed by atoms with van der Waals surface area (Å²) in [7, 11) is 0. The first kappa shape index (κ1) is 11.6. The predicted octanol–water partition coefficient (Wildman–Crippen LogP) is 1.01. The van der Waals surface area contributed by atoms with Crippen LogP contribution in [0.5, 0.6) is 0 Å². The molecule has 2 aromatic rings. The van der Waals surface area contributed by atoms with Crippen molar-refractivity contribution in [2.75, 3.05) is 0 Å². The average Bonchev–Trinajstić information content (AvgIpc) is 2.77. The summed E-state index contributed by atoms with van der Waals surface area (Å²) >= 11 is 0. The smallest absolute Gasteiger partial charge is 0.478 e. The highest BCUT2D eigenvalue weighted by atomic mass is 19.1. The third kappa shape index (κ3) is 1.88. The Kier molecular flexibility index (Phi) is 2.72. The number of halogens is 1. The van der Waals surface area contributed by atoms with Gasteiger partial charge in [0.05, 0.1) is 0 Å². The second kappa shape index (κ2) is 4.20. The number of rotatable bonds is 3. The average molecular weight is 252 g/mol. The van der Waals surface area contributed by atoms with Crippen LogP contribution in [0.4, 0.5) is 10.3 Å². The zero-order valence-corrected chi connectivity index (χ0v) is 8.65. The largest absolute Gasteiger partial charge is 0.491 e. The third-order valence-corrected chi connectivity index (χ3v) is 2.10. The zero-order valence-electron chi connectivity index (χ0n) is 8.65. The van der Waals surface area contributed by atoms with Crippen molar-refractivity contribution in [2.45, 2.75) is 0 Å². The lowest BCUT2D eigenvalue weighted by Gasteiger charge is -2.03. The monoisotopic (exact) mass is 252 g/mol. The molecular weight excluding hydrogens is 247 g/mol.